The van der Waals surface area contributed by atoms with Crippen LogP contribution >= 0.6 is 0 Å². The van der Waals surface area contributed by atoms with Crippen molar-refractivity contribution in [3.05, 3.63) is 77.0 Å². The molecule has 0 N–H and O–H groups in total. The molecule has 1 aliphatic heterocycles. The molecule has 0 spiro atoms. The maximum absolute atomic E-state index is 13.2. The van der Waals surface area contributed by atoms with E-state index in [1.807, 2.05) is 19.1 Å². The number of carbonyl (C=O) groups excluding carboxylic acids is 1. The Labute approximate surface area is 140 Å². The molecule has 0 saturated carbocycles. The highest BCUT2D eigenvalue weighted by Gasteiger charge is 2.32. The van der Waals surface area contributed by atoms with Crippen LogP contribution in [0.2, 0.25) is 0 Å². The molecule has 124 valence electrons. The molecule has 1 atom stereocenters. The number of halogens is 1. The van der Waals surface area contributed by atoms with Crippen molar-refractivity contribution in [1.29, 1.82) is 0 Å². The smallest absolute Gasteiger partial charge is 0.258 e. The van der Waals surface area contributed by atoms with E-state index in [2.05, 4.69) is 0 Å². The molecule has 2 aromatic rings. The molecule has 24 heavy (non-hydrogen) atoms. The molecule has 3 rings (SSSR count). The van der Waals surface area contributed by atoms with Crippen molar-refractivity contribution in [2.45, 2.75) is 13.0 Å². The van der Waals surface area contributed by atoms with Crippen molar-refractivity contribution in [3.63, 3.8) is 0 Å². The predicted molar refractivity (Wildman–Crippen MR) is 91.1 cm³/mol. The number of anilines is 1. The first kappa shape index (κ1) is 16.4. The number of hydrogen-bond donors (Lipinski definition) is 0. The van der Waals surface area contributed by atoms with Crippen LogP contribution < -0.4 is 4.90 Å². The summed E-state index contributed by atoms with van der Waals surface area (Å²) in [4.78, 5) is 14.3. The zero-order valence-electron chi connectivity index (χ0n) is 13.0. The number of amides is 1. The minimum atomic E-state index is -3.33. The van der Waals surface area contributed by atoms with Crippen LogP contribution in [-0.2, 0) is 9.84 Å². The van der Waals surface area contributed by atoms with Gasteiger partial charge in [-0.15, -0.1) is 0 Å². The van der Waals surface area contributed by atoms with Gasteiger partial charge in [-0.2, -0.15) is 0 Å². The summed E-state index contributed by atoms with van der Waals surface area (Å²) in [5.41, 5.74) is 1.92. The van der Waals surface area contributed by atoms with Crippen LogP contribution in [0.25, 0.3) is 0 Å². The summed E-state index contributed by atoms with van der Waals surface area (Å²) in [5, 5.41) is 1.12. The SMILES string of the molecule is Cc1ccc(C(=O)N(c2ccc(F)cc2)[C@@H]2C=CS(=O)(=O)C2)cc1. The van der Waals surface area contributed by atoms with Crippen LogP contribution in [0.3, 0.4) is 0 Å². The molecule has 0 aliphatic carbocycles. The standard InChI is InChI=1S/C18H16FNO3S/c1-13-2-4-14(5-3-13)18(21)20(16-8-6-15(19)7-9-16)17-10-11-24(22,23)12-17/h2-11,17H,12H2,1H3/t17-/m1/s1. The van der Waals surface area contributed by atoms with Crippen molar-refractivity contribution in [3.8, 4) is 0 Å². The largest absolute Gasteiger partial charge is 0.300 e. The van der Waals surface area contributed by atoms with Crippen LogP contribution in [0.1, 0.15) is 15.9 Å². The van der Waals surface area contributed by atoms with E-state index in [4.69, 9.17) is 0 Å². The van der Waals surface area contributed by atoms with Crippen LogP contribution in [0.5, 0.6) is 0 Å². The summed E-state index contributed by atoms with van der Waals surface area (Å²) in [6.45, 7) is 1.91. The molecule has 1 aliphatic rings. The third kappa shape index (κ3) is 3.38. The van der Waals surface area contributed by atoms with Gasteiger partial charge in [0.2, 0.25) is 0 Å². The first-order valence-corrected chi connectivity index (χ1v) is 9.14. The number of sulfone groups is 1. The number of benzene rings is 2. The number of nitrogens with zero attached hydrogens (tertiary/aromatic N) is 1. The van der Waals surface area contributed by atoms with Gasteiger partial charge in [0.1, 0.15) is 5.82 Å². The molecule has 0 bridgehead atoms. The van der Waals surface area contributed by atoms with Gasteiger partial charge in [-0.25, -0.2) is 12.8 Å². The van der Waals surface area contributed by atoms with E-state index in [-0.39, 0.29) is 11.7 Å². The van der Waals surface area contributed by atoms with Gasteiger partial charge >= 0.3 is 0 Å². The van der Waals surface area contributed by atoms with E-state index < -0.39 is 21.7 Å². The van der Waals surface area contributed by atoms with Gasteiger partial charge in [-0.3, -0.25) is 4.79 Å². The maximum Gasteiger partial charge on any atom is 0.258 e. The van der Waals surface area contributed by atoms with E-state index in [0.29, 0.717) is 11.3 Å². The summed E-state index contributed by atoms with van der Waals surface area (Å²) in [6, 6.07) is 11.8. The summed E-state index contributed by atoms with van der Waals surface area (Å²) in [7, 11) is -3.33. The maximum atomic E-state index is 13.2. The fourth-order valence-electron chi connectivity index (χ4n) is 2.62. The highest BCUT2D eigenvalue weighted by atomic mass is 32.2. The molecular weight excluding hydrogens is 329 g/mol. The van der Waals surface area contributed by atoms with Gasteiger partial charge in [0, 0.05) is 16.7 Å². The average molecular weight is 345 g/mol. The van der Waals surface area contributed by atoms with Crippen molar-refractivity contribution in [2.24, 2.45) is 0 Å². The Balaban J connectivity index is 2.01. The molecule has 6 heteroatoms. The summed E-state index contributed by atoms with van der Waals surface area (Å²) in [5.74, 6) is -0.924. The average Bonchev–Trinajstić information content (AvgIpc) is 2.90. The highest BCUT2D eigenvalue weighted by Crippen LogP contribution is 2.25. The van der Waals surface area contributed by atoms with Crippen LogP contribution in [0.4, 0.5) is 10.1 Å². The zero-order valence-corrected chi connectivity index (χ0v) is 13.8. The summed E-state index contributed by atoms with van der Waals surface area (Å²) >= 11 is 0. The molecule has 1 amide bonds. The lowest BCUT2D eigenvalue weighted by Crippen LogP contribution is -2.41. The predicted octanol–water partition coefficient (Wildman–Crippen LogP) is 3.09. The Morgan fingerprint density at radius 1 is 1.08 bits per heavy atom. The number of rotatable bonds is 3. The molecule has 0 unspecified atom stereocenters. The minimum absolute atomic E-state index is 0.179. The van der Waals surface area contributed by atoms with Gasteiger partial charge < -0.3 is 4.90 Å². The molecular formula is C18H16FNO3S. The number of aryl methyl sites for hydroxylation is 1. The Morgan fingerprint density at radius 3 is 2.25 bits per heavy atom. The van der Waals surface area contributed by atoms with E-state index in [0.717, 1.165) is 11.0 Å². The van der Waals surface area contributed by atoms with Crippen molar-refractivity contribution < 1.29 is 17.6 Å². The highest BCUT2D eigenvalue weighted by molar-refractivity contribution is 7.94. The second kappa shape index (κ2) is 6.20. The molecule has 0 radical (unpaired) electrons. The van der Waals surface area contributed by atoms with E-state index >= 15 is 0 Å². The topological polar surface area (TPSA) is 54.5 Å². The quantitative estimate of drug-likeness (QED) is 0.859. The second-order valence-corrected chi connectivity index (χ2v) is 7.67. The van der Waals surface area contributed by atoms with Crippen LogP contribution in [0.15, 0.2) is 60.0 Å². The van der Waals surface area contributed by atoms with Gasteiger partial charge in [-0.1, -0.05) is 17.7 Å². The Hall–Kier alpha value is -2.47. The van der Waals surface area contributed by atoms with Crippen LogP contribution in [-0.4, -0.2) is 26.1 Å². The molecule has 1 heterocycles. The monoisotopic (exact) mass is 345 g/mol. The number of carbonyl (C=O) groups is 1. The first-order valence-electron chi connectivity index (χ1n) is 7.42. The second-order valence-electron chi connectivity index (χ2n) is 5.74. The fraction of sp³-hybridized carbons (Fsp3) is 0.167. The van der Waals surface area contributed by atoms with Crippen LogP contribution in [0, 0.1) is 12.7 Å². The van der Waals surface area contributed by atoms with E-state index in [1.54, 1.807) is 12.1 Å². The van der Waals surface area contributed by atoms with E-state index in [1.165, 1.54) is 35.2 Å². The summed E-state index contributed by atoms with van der Waals surface area (Å²) < 4.78 is 36.7. The van der Waals surface area contributed by atoms with Crippen molar-refractivity contribution in [2.75, 3.05) is 10.7 Å². The number of hydrogen-bond acceptors (Lipinski definition) is 3. The summed E-state index contributed by atoms with van der Waals surface area (Å²) in [6.07, 6.45) is 1.49. The van der Waals surface area contributed by atoms with Gasteiger partial charge in [0.25, 0.3) is 5.91 Å². The van der Waals surface area contributed by atoms with Crippen molar-refractivity contribution in [1.82, 2.24) is 0 Å². The molecule has 0 aromatic heterocycles. The Kier molecular flexibility index (Phi) is 4.24. The minimum Gasteiger partial charge on any atom is -0.300 e. The fourth-order valence-corrected chi connectivity index (χ4v) is 3.88. The Morgan fingerprint density at radius 2 is 1.71 bits per heavy atom. The lowest BCUT2D eigenvalue weighted by atomic mass is 10.1. The van der Waals surface area contributed by atoms with Crippen molar-refractivity contribution >= 4 is 21.4 Å². The molecule has 0 saturated heterocycles. The molecule has 2 aromatic carbocycles. The van der Waals surface area contributed by atoms with E-state index in [9.17, 15) is 17.6 Å². The normalized spacial score (nSPS) is 18.5. The third-order valence-electron chi connectivity index (χ3n) is 3.86. The molecule has 0 fully saturated rings. The third-order valence-corrected chi connectivity index (χ3v) is 5.24. The molecule has 4 nitrogen and oxygen atoms in total. The van der Waals surface area contributed by atoms with Gasteiger partial charge in [0.05, 0.1) is 11.8 Å². The zero-order chi connectivity index (χ0) is 17.3. The van der Waals surface area contributed by atoms with Gasteiger partial charge in [0.15, 0.2) is 9.84 Å². The first-order chi connectivity index (χ1) is 11.4. The Bertz CT molecular complexity index is 887. The lowest BCUT2D eigenvalue weighted by Gasteiger charge is -2.28. The van der Waals surface area contributed by atoms with Gasteiger partial charge in [-0.05, 0) is 49.4 Å². The lowest BCUT2D eigenvalue weighted by molar-refractivity contribution is 0.0983.